The Hall–Kier alpha value is -2.90. The highest BCUT2D eigenvalue weighted by Gasteiger charge is 2.31. The number of benzene rings is 1. The molecule has 2 N–H and O–H groups in total. The molecule has 1 heterocycles. The number of carbonyl (C=O) groups is 2. The van der Waals surface area contributed by atoms with Crippen LogP contribution in [0, 0.1) is 5.92 Å². The first-order valence-corrected chi connectivity index (χ1v) is 9.94. The molecule has 4 unspecified atom stereocenters. The zero-order valence-electron chi connectivity index (χ0n) is 16.8. The van der Waals surface area contributed by atoms with Crippen LogP contribution in [0.25, 0.3) is 5.57 Å². The van der Waals surface area contributed by atoms with E-state index in [9.17, 15) is 19.8 Å². The SMILES string of the molecule is CC(=O)OCCC(O)C(O)CCOC1=CC2OC(=O)C(c3ccccc3)=CC2C=C1. The number of carbonyl (C=O) groups excluding carboxylic acids is 2. The van der Waals surface area contributed by atoms with Crippen LogP contribution in [-0.2, 0) is 23.8 Å². The van der Waals surface area contributed by atoms with Gasteiger partial charge in [-0.05, 0) is 17.7 Å². The number of hydrogen-bond acceptors (Lipinski definition) is 7. The molecule has 0 fully saturated rings. The molecule has 30 heavy (non-hydrogen) atoms. The van der Waals surface area contributed by atoms with Crippen molar-refractivity contribution < 1.29 is 34.0 Å². The molecule has 0 bridgehead atoms. The van der Waals surface area contributed by atoms with Crippen LogP contribution >= 0.6 is 0 Å². The molecular formula is C23H26O7. The fourth-order valence-electron chi connectivity index (χ4n) is 3.29. The molecule has 0 saturated carbocycles. The van der Waals surface area contributed by atoms with Crippen LogP contribution in [0.4, 0.5) is 0 Å². The van der Waals surface area contributed by atoms with Gasteiger partial charge in [-0.1, -0.05) is 42.5 Å². The van der Waals surface area contributed by atoms with Crippen LogP contribution in [-0.4, -0.2) is 53.7 Å². The summed E-state index contributed by atoms with van der Waals surface area (Å²) in [6.07, 6.45) is 5.28. The van der Waals surface area contributed by atoms with Crippen molar-refractivity contribution in [2.75, 3.05) is 13.2 Å². The lowest BCUT2D eigenvalue weighted by Gasteiger charge is -2.29. The van der Waals surface area contributed by atoms with E-state index < -0.39 is 24.3 Å². The van der Waals surface area contributed by atoms with Gasteiger partial charge in [-0.3, -0.25) is 4.79 Å². The topological polar surface area (TPSA) is 102 Å². The van der Waals surface area contributed by atoms with Crippen LogP contribution < -0.4 is 0 Å². The van der Waals surface area contributed by atoms with E-state index in [0.29, 0.717) is 11.3 Å². The Morgan fingerprint density at radius 2 is 1.80 bits per heavy atom. The first kappa shape index (κ1) is 21.8. The monoisotopic (exact) mass is 414 g/mol. The fraction of sp³-hybridized carbons (Fsp3) is 0.391. The Kier molecular flexibility index (Phi) is 7.43. The number of esters is 2. The van der Waals surface area contributed by atoms with Gasteiger partial charge in [-0.25, -0.2) is 4.79 Å². The Labute approximate surface area is 175 Å². The molecule has 0 amide bonds. The molecular weight excluding hydrogens is 388 g/mol. The van der Waals surface area contributed by atoms with Crippen molar-refractivity contribution in [1.82, 2.24) is 0 Å². The maximum absolute atomic E-state index is 12.4. The van der Waals surface area contributed by atoms with E-state index >= 15 is 0 Å². The third kappa shape index (κ3) is 5.81. The van der Waals surface area contributed by atoms with Crippen molar-refractivity contribution in [1.29, 1.82) is 0 Å². The molecule has 0 radical (unpaired) electrons. The third-order valence-electron chi connectivity index (χ3n) is 4.94. The average Bonchev–Trinajstić information content (AvgIpc) is 2.73. The molecule has 4 atom stereocenters. The van der Waals surface area contributed by atoms with Crippen molar-refractivity contribution >= 4 is 17.5 Å². The number of rotatable bonds is 9. The Bertz CT molecular complexity index is 840. The highest BCUT2D eigenvalue weighted by atomic mass is 16.5. The second-order valence-electron chi connectivity index (χ2n) is 7.22. The van der Waals surface area contributed by atoms with Gasteiger partial charge in [-0.15, -0.1) is 0 Å². The zero-order valence-corrected chi connectivity index (χ0v) is 16.8. The fourth-order valence-corrected chi connectivity index (χ4v) is 3.29. The van der Waals surface area contributed by atoms with E-state index in [1.165, 1.54) is 6.92 Å². The predicted molar refractivity (Wildman–Crippen MR) is 109 cm³/mol. The second-order valence-corrected chi connectivity index (χ2v) is 7.22. The van der Waals surface area contributed by atoms with Gasteiger partial charge >= 0.3 is 11.9 Å². The lowest BCUT2D eigenvalue weighted by molar-refractivity contribution is -0.143. The quantitative estimate of drug-likeness (QED) is 0.597. The van der Waals surface area contributed by atoms with Gasteiger partial charge < -0.3 is 24.4 Å². The van der Waals surface area contributed by atoms with Crippen molar-refractivity contribution in [3.05, 3.63) is 66.0 Å². The number of ether oxygens (including phenoxy) is 3. The summed E-state index contributed by atoms with van der Waals surface area (Å²) in [6, 6.07) is 9.38. The van der Waals surface area contributed by atoms with Gasteiger partial charge in [0.2, 0.25) is 0 Å². The number of allylic oxidation sites excluding steroid dienone is 1. The maximum Gasteiger partial charge on any atom is 0.339 e. The van der Waals surface area contributed by atoms with Gasteiger partial charge in [0.25, 0.3) is 0 Å². The summed E-state index contributed by atoms with van der Waals surface area (Å²) in [5, 5.41) is 19.9. The summed E-state index contributed by atoms with van der Waals surface area (Å²) in [6.45, 7) is 1.52. The minimum atomic E-state index is -1.01. The van der Waals surface area contributed by atoms with Gasteiger partial charge in [0.15, 0.2) is 0 Å². The van der Waals surface area contributed by atoms with Gasteiger partial charge in [0, 0.05) is 25.7 Å². The second kappa shape index (κ2) is 10.2. The molecule has 1 aromatic rings. The van der Waals surface area contributed by atoms with Crippen molar-refractivity contribution in [3.8, 4) is 0 Å². The number of aliphatic hydroxyl groups excluding tert-OH is 2. The van der Waals surface area contributed by atoms with Gasteiger partial charge in [0.05, 0.1) is 31.0 Å². The standard InChI is InChI=1S/C23H26O7/c1-15(24)28-11-9-20(25)21(26)10-12-29-18-8-7-17-13-19(16-5-3-2-4-6-16)23(27)30-22(17)14-18/h2-8,13-14,17,20-22,25-26H,9-12H2,1H3. The van der Waals surface area contributed by atoms with Gasteiger partial charge in [0.1, 0.15) is 11.9 Å². The minimum Gasteiger partial charge on any atom is -0.494 e. The summed E-state index contributed by atoms with van der Waals surface area (Å²) in [7, 11) is 0. The highest BCUT2D eigenvalue weighted by molar-refractivity contribution is 6.17. The van der Waals surface area contributed by atoms with E-state index in [-0.39, 0.29) is 37.9 Å². The smallest absolute Gasteiger partial charge is 0.339 e. The largest absolute Gasteiger partial charge is 0.494 e. The zero-order chi connectivity index (χ0) is 21.5. The van der Waals surface area contributed by atoms with E-state index in [0.717, 1.165) is 5.56 Å². The van der Waals surface area contributed by atoms with Crippen LogP contribution in [0.1, 0.15) is 25.3 Å². The summed E-state index contributed by atoms with van der Waals surface area (Å²) in [4.78, 5) is 23.1. The summed E-state index contributed by atoms with van der Waals surface area (Å²) in [5.41, 5.74) is 1.37. The van der Waals surface area contributed by atoms with Crippen LogP contribution in [0.3, 0.4) is 0 Å². The van der Waals surface area contributed by atoms with E-state index in [2.05, 4.69) is 0 Å². The molecule has 1 aliphatic heterocycles. The number of hydrogen-bond donors (Lipinski definition) is 2. The summed E-state index contributed by atoms with van der Waals surface area (Å²) in [5.74, 6) is -0.329. The number of fused-ring (bicyclic) bond motifs is 1. The van der Waals surface area contributed by atoms with Crippen molar-refractivity contribution in [2.45, 2.75) is 38.1 Å². The summed E-state index contributed by atoms with van der Waals surface area (Å²) >= 11 is 0. The van der Waals surface area contributed by atoms with Gasteiger partial charge in [-0.2, -0.15) is 0 Å². The van der Waals surface area contributed by atoms with Crippen molar-refractivity contribution in [2.24, 2.45) is 5.92 Å². The Balaban J connectivity index is 1.49. The Morgan fingerprint density at radius 1 is 1.10 bits per heavy atom. The third-order valence-corrected chi connectivity index (χ3v) is 4.94. The maximum atomic E-state index is 12.4. The summed E-state index contributed by atoms with van der Waals surface area (Å²) < 4.78 is 16.0. The van der Waals surface area contributed by atoms with E-state index in [4.69, 9.17) is 14.2 Å². The molecule has 0 aromatic heterocycles. The molecule has 1 aromatic carbocycles. The molecule has 1 aliphatic carbocycles. The molecule has 0 spiro atoms. The Morgan fingerprint density at radius 3 is 2.50 bits per heavy atom. The normalized spacial score (nSPS) is 22.2. The number of aliphatic hydroxyl groups is 2. The molecule has 7 nitrogen and oxygen atoms in total. The first-order valence-electron chi connectivity index (χ1n) is 9.94. The molecule has 3 rings (SSSR count). The lowest BCUT2D eigenvalue weighted by atomic mass is 9.90. The molecule has 0 saturated heterocycles. The van der Waals surface area contributed by atoms with Crippen LogP contribution in [0.2, 0.25) is 0 Å². The molecule has 2 aliphatic rings. The van der Waals surface area contributed by atoms with E-state index in [1.54, 1.807) is 6.08 Å². The lowest BCUT2D eigenvalue weighted by Crippen LogP contribution is -2.31. The first-order chi connectivity index (χ1) is 14.4. The van der Waals surface area contributed by atoms with Crippen LogP contribution in [0.15, 0.2) is 60.4 Å². The molecule has 7 heteroatoms. The highest BCUT2D eigenvalue weighted by Crippen LogP contribution is 2.31. The van der Waals surface area contributed by atoms with Crippen molar-refractivity contribution in [3.63, 3.8) is 0 Å². The average molecular weight is 414 g/mol. The molecule has 160 valence electrons. The van der Waals surface area contributed by atoms with E-state index in [1.807, 2.05) is 48.6 Å². The van der Waals surface area contributed by atoms with Crippen LogP contribution in [0.5, 0.6) is 0 Å². The minimum absolute atomic E-state index is 0.0508. The predicted octanol–water partition coefficient (Wildman–Crippen LogP) is 2.15.